The quantitative estimate of drug-likeness (QED) is 0.832. The number of para-hydroxylation sites is 1. The van der Waals surface area contributed by atoms with Crippen LogP contribution in [0.2, 0.25) is 5.02 Å². The van der Waals surface area contributed by atoms with Crippen molar-refractivity contribution in [1.29, 1.82) is 0 Å². The van der Waals surface area contributed by atoms with Crippen LogP contribution < -0.4 is 5.73 Å². The molecule has 2 rings (SSSR count). The average molecular weight is 237 g/mol. The number of Topliss-reactive ketones (excluding diaryl/α,β-unsaturated/α-hetero) is 1. The number of aromatic nitrogens is 1. The summed E-state index contributed by atoms with van der Waals surface area (Å²) in [6.45, 7) is 0.371. The molecule has 0 aliphatic carbocycles. The maximum Gasteiger partial charge on any atom is 0.166 e. The molecule has 0 unspecified atom stereocenters. The summed E-state index contributed by atoms with van der Waals surface area (Å²) in [7, 11) is 1.88. The summed E-state index contributed by atoms with van der Waals surface area (Å²) in [5.74, 6) is 0.0652. The molecule has 1 heterocycles. The van der Waals surface area contributed by atoms with Gasteiger partial charge < -0.3 is 10.3 Å². The van der Waals surface area contributed by atoms with E-state index in [0.29, 0.717) is 23.6 Å². The Morgan fingerprint density at radius 2 is 2.25 bits per heavy atom. The Hall–Kier alpha value is -1.32. The van der Waals surface area contributed by atoms with Gasteiger partial charge in [0.1, 0.15) is 0 Å². The number of nitrogens with two attached hydrogens (primary N) is 1. The highest BCUT2D eigenvalue weighted by molar-refractivity contribution is 6.35. The summed E-state index contributed by atoms with van der Waals surface area (Å²) in [6.07, 6.45) is 2.18. The van der Waals surface area contributed by atoms with Crippen LogP contribution in [-0.4, -0.2) is 16.9 Å². The molecule has 16 heavy (non-hydrogen) atoms. The van der Waals surface area contributed by atoms with E-state index in [1.165, 1.54) is 0 Å². The van der Waals surface area contributed by atoms with Gasteiger partial charge in [0.2, 0.25) is 0 Å². The maximum atomic E-state index is 11.8. The number of halogens is 1. The van der Waals surface area contributed by atoms with Crippen molar-refractivity contribution in [3.63, 3.8) is 0 Å². The number of nitrogens with zero attached hydrogens (tertiary/aromatic N) is 1. The highest BCUT2D eigenvalue weighted by Crippen LogP contribution is 2.27. The van der Waals surface area contributed by atoms with Crippen molar-refractivity contribution in [2.24, 2.45) is 12.8 Å². The number of benzene rings is 1. The molecule has 0 atom stereocenters. The smallest absolute Gasteiger partial charge is 0.166 e. The van der Waals surface area contributed by atoms with E-state index in [9.17, 15) is 4.79 Å². The summed E-state index contributed by atoms with van der Waals surface area (Å²) < 4.78 is 1.88. The monoisotopic (exact) mass is 236 g/mol. The predicted octanol–water partition coefficient (Wildman–Crippen LogP) is 2.36. The first-order chi connectivity index (χ1) is 7.65. The van der Waals surface area contributed by atoms with Crippen molar-refractivity contribution in [2.75, 3.05) is 6.54 Å². The Labute approximate surface area is 98.8 Å². The van der Waals surface area contributed by atoms with Crippen molar-refractivity contribution in [2.45, 2.75) is 6.42 Å². The number of fused-ring (bicyclic) bond motifs is 1. The molecule has 3 nitrogen and oxygen atoms in total. The molecule has 0 radical (unpaired) electrons. The minimum atomic E-state index is 0.0652. The Morgan fingerprint density at radius 3 is 2.94 bits per heavy atom. The highest BCUT2D eigenvalue weighted by Gasteiger charge is 2.14. The van der Waals surface area contributed by atoms with Gasteiger partial charge in [0.25, 0.3) is 0 Å². The minimum Gasteiger partial charge on any atom is -0.349 e. The number of hydrogen-bond donors (Lipinski definition) is 1. The molecule has 0 bridgehead atoms. The van der Waals surface area contributed by atoms with Crippen molar-refractivity contribution in [3.05, 3.63) is 35.0 Å². The SMILES string of the molecule is Cn1cc(C(=O)CCN)c2cccc(Cl)c21. The molecule has 0 fully saturated rings. The first-order valence-corrected chi connectivity index (χ1v) is 5.49. The second-order valence-electron chi connectivity index (χ2n) is 3.75. The van der Waals surface area contributed by atoms with Gasteiger partial charge in [0, 0.05) is 30.6 Å². The molecule has 1 aromatic carbocycles. The van der Waals surface area contributed by atoms with Gasteiger partial charge >= 0.3 is 0 Å². The van der Waals surface area contributed by atoms with Crippen LogP contribution >= 0.6 is 11.6 Å². The molecule has 0 saturated carbocycles. The van der Waals surface area contributed by atoms with E-state index in [1.54, 1.807) is 0 Å². The van der Waals surface area contributed by atoms with E-state index in [-0.39, 0.29) is 5.78 Å². The summed E-state index contributed by atoms with van der Waals surface area (Å²) in [5.41, 5.74) is 6.99. The normalized spacial score (nSPS) is 10.9. The Balaban J connectivity index is 2.64. The third kappa shape index (κ3) is 1.72. The molecular weight excluding hydrogens is 224 g/mol. The molecule has 0 amide bonds. The highest BCUT2D eigenvalue weighted by atomic mass is 35.5. The number of carbonyl (C=O) groups excluding carboxylic acids is 1. The fraction of sp³-hybridized carbons (Fsp3) is 0.250. The van der Waals surface area contributed by atoms with E-state index < -0.39 is 0 Å². The van der Waals surface area contributed by atoms with Crippen molar-refractivity contribution in [1.82, 2.24) is 4.57 Å². The van der Waals surface area contributed by atoms with Gasteiger partial charge in [-0.05, 0) is 12.6 Å². The molecule has 4 heteroatoms. The molecule has 84 valence electrons. The number of carbonyl (C=O) groups is 1. The van der Waals surface area contributed by atoms with Gasteiger partial charge in [0.15, 0.2) is 5.78 Å². The topological polar surface area (TPSA) is 48.0 Å². The summed E-state index contributed by atoms with van der Waals surface area (Å²) in [4.78, 5) is 11.8. The molecule has 0 saturated heterocycles. The van der Waals surface area contributed by atoms with Crippen LogP contribution in [-0.2, 0) is 7.05 Å². The molecule has 0 spiro atoms. The van der Waals surface area contributed by atoms with E-state index in [4.69, 9.17) is 17.3 Å². The Morgan fingerprint density at radius 1 is 1.50 bits per heavy atom. The van der Waals surface area contributed by atoms with Crippen LogP contribution in [0.1, 0.15) is 16.8 Å². The number of aryl methyl sites for hydroxylation is 1. The molecular formula is C12H13ClN2O. The molecule has 2 aromatic rings. The largest absolute Gasteiger partial charge is 0.349 e. The summed E-state index contributed by atoms with van der Waals surface area (Å²) in [5, 5.41) is 1.56. The second-order valence-corrected chi connectivity index (χ2v) is 4.16. The van der Waals surface area contributed by atoms with Gasteiger partial charge in [-0.25, -0.2) is 0 Å². The summed E-state index contributed by atoms with van der Waals surface area (Å²) in [6, 6.07) is 5.58. The zero-order valence-corrected chi connectivity index (χ0v) is 9.79. The van der Waals surface area contributed by atoms with E-state index in [0.717, 1.165) is 10.9 Å². The lowest BCUT2D eigenvalue weighted by atomic mass is 10.1. The van der Waals surface area contributed by atoms with Gasteiger partial charge in [-0.3, -0.25) is 4.79 Å². The van der Waals surface area contributed by atoms with Gasteiger partial charge in [0.05, 0.1) is 10.5 Å². The van der Waals surface area contributed by atoms with Crippen LogP contribution in [0.3, 0.4) is 0 Å². The maximum absolute atomic E-state index is 11.8. The van der Waals surface area contributed by atoms with Crippen molar-refractivity contribution in [3.8, 4) is 0 Å². The average Bonchev–Trinajstić information content (AvgIpc) is 2.58. The number of ketones is 1. The molecule has 1 aromatic heterocycles. The van der Waals surface area contributed by atoms with Crippen LogP contribution in [0.15, 0.2) is 24.4 Å². The van der Waals surface area contributed by atoms with Crippen LogP contribution in [0.4, 0.5) is 0 Å². The predicted molar refractivity (Wildman–Crippen MR) is 65.9 cm³/mol. The van der Waals surface area contributed by atoms with Gasteiger partial charge in [-0.2, -0.15) is 0 Å². The fourth-order valence-electron chi connectivity index (χ4n) is 1.91. The lowest BCUT2D eigenvalue weighted by molar-refractivity contribution is 0.0987. The first kappa shape index (κ1) is 11.2. The lowest BCUT2D eigenvalue weighted by Gasteiger charge is -1.98. The van der Waals surface area contributed by atoms with Gasteiger partial charge in [-0.15, -0.1) is 0 Å². The van der Waals surface area contributed by atoms with Crippen LogP contribution in [0.25, 0.3) is 10.9 Å². The molecule has 2 N–H and O–H groups in total. The Bertz CT molecular complexity index is 545. The summed E-state index contributed by atoms with van der Waals surface area (Å²) >= 11 is 6.10. The standard InChI is InChI=1S/C12H13ClN2O/c1-15-7-9(11(16)5-6-14)8-3-2-4-10(13)12(8)15/h2-4,7H,5-6,14H2,1H3. The molecule has 0 aliphatic heterocycles. The Kier molecular flexibility index (Phi) is 2.99. The minimum absolute atomic E-state index is 0.0652. The second kappa shape index (κ2) is 4.28. The third-order valence-corrected chi connectivity index (χ3v) is 2.93. The van der Waals surface area contributed by atoms with E-state index in [1.807, 2.05) is 36.0 Å². The van der Waals surface area contributed by atoms with Crippen LogP contribution in [0, 0.1) is 0 Å². The molecule has 0 aliphatic rings. The van der Waals surface area contributed by atoms with Gasteiger partial charge in [-0.1, -0.05) is 23.7 Å². The fourth-order valence-corrected chi connectivity index (χ4v) is 2.21. The van der Waals surface area contributed by atoms with Crippen molar-refractivity contribution >= 4 is 28.3 Å². The van der Waals surface area contributed by atoms with E-state index in [2.05, 4.69) is 0 Å². The van der Waals surface area contributed by atoms with Crippen LogP contribution in [0.5, 0.6) is 0 Å². The van der Waals surface area contributed by atoms with Crippen molar-refractivity contribution < 1.29 is 4.79 Å². The number of hydrogen-bond acceptors (Lipinski definition) is 2. The number of rotatable bonds is 3. The lowest BCUT2D eigenvalue weighted by Crippen LogP contribution is -2.07. The third-order valence-electron chi connectivity index (χ3n) is 2.62. The van der Waals surface area contributed by atoms with E-state index >= 15 is 0 Å². The zero-order chi connectivity index (χ0) is 11.7. The first-order valence-electron chi connectivity index (χ1n) is 5.12. The zero-order valence-electron chi connectivity index (χ0n) is 9.03.